The number of fused-ring (bicyclic) bond motifs is 1. The standard InChI is InChI=1S/C14H7N3O2S/c15-6-10-7-16-14-17(13(10)19)8-11(20-14)12(18)9-4-2-1-3-5-9/h1-5,7-8H. The van der Waals surface area contributed by atoms with Crippen molar-refractivity contribution in [3.8, 4) is 6.07 Å². The first-order valence-corrected chi connectivity index (χ1v) is 6.53. The number of carbonyl (C=O) groups excluding carboxylic acids is 1. The predicted molar refractivity (Wildman–Crippen MR) is 73.9 cm³/mol. The monoisotopic (exact) mass is 281 g/mol. The van der Waals surface area contributed by atoms with E-state index in [1.54, 1.807) is 30.3 Å². The van der Waals surface area contributed by atoms with Gasteiger partial charge in [0.25, 0.3) is 5.56 Å². The number of thiazole rings is 1. The minimum atomic E-state index is -0.458. The molecule has 1 aromatic carbocycles. The van der Waals surface area contributed by atoms with Crippen LogP contribution in [0.4, 0.5) is 0 Å². The van der Waals surface area contributed by atoms with Gasteiger partial charge in [-0.15, -0.1) is 0 Å². The lowest BCUT2D eigenvalue weighted by Crippen LogP contribution is -2.15. The summed E-state index contributed by atoms with van der Waals surface area (Å²) in [6.45, 7) is 0. The number of rotatable bonds is 2. The van der Waals surface area contributed by atoms with Gasteiger partial charge in [-0.1, -0.05) is 41.7 Å². The minimum absolute atomic E-state index is 0.0426. The molecule has 0 amide bonds. The molecule has 96 valence electrons. The van der Waals surface area contributed by atoms with Crippen molar-refractivity contribution >= 4 is 22.1 Å². The third kappa shape index (κ3) is 1.90. The zero-order chi connectivity index (χ0) is 14.1. The number of nitriles is 1. The summed E-state index contributed by atoms with van der Waals surface area (Å²) in [7, 11) is 0. The topological polar surface area (TPSA) is 75.2 Å². The highest BCUT2D eigenvalue weighted by Crippen LogP contribution is 2.18. The van der Waals surface area contributed by atoms with E-state index in [0.29, 0.717) is 15.4 Å². The Morgan fingerprint density at radius 1 is 1.30 bits per heavy atom. The van der Waals surface area contributed by atoms with Crippen LogP contribution in [0.25, 0.3) is 4.96 Å². The van der Waals surface area contributed by atoms with Crippen LogP contribution in [-0.2, 0) is 0 Å². The van der Waals surface area contributed by atoms with Crippen LogP contribution in [0.5, 0.6) is 0 Å². The van der Waals surface area contributed by atoms with Gasteiger partial charge in [-0.05, 0) is 0 Å². The highest BCUT2D eigenvalue weighted by molar-refractivity contribution is 7.19. The average molecular weight is 281 g/mol. The molecule has 0 saturated heterocycles. The van der Waals surface area contributed by atoms with E-state index in [1.165, 1.54) is 16.8 Å². The second-order valence-electron chi connectivity index (χ2n) is 4.03. The summed E-state index contributed by atoms with van der Waals surface area (Å²) in [5.74, 6) is -0.168. The Balaban J connectivity index is 2.15. The third-order valence-electron chi connectivity index (χ3n) is 2.79. The van der Waals surface area contributed by atoms with Gasteiger partial charge in [0, 0.05) is 11.8 Å². The number of hydrogen-bond acceptors (Lipinski definition) is 5. The largest absolute Gasteiger partial charge is 0.288 e. The van der Waals surface area contributed by atoms with Crippen molar-refractivity contribution in [1.82, 2.24) is 9.38 Å². The molecule has 0 unspecified atom stereocenters. The Kier molecular flexibility index (Phi) is 2.89. The van der Waals surface area contributed by atoms with Crippen molar-refractivity contribution in [1.29, 1.82) is 5.26 Å². The molecule has 0 atom stereocenters. The van der Waals surface area contributed by atoms with E-state index in [4.69, 9.17) is 5.26 Å². The fourth-order valence-electron chi connectivity index (χ4n) is 1.80. The summed E-state index contributed by atoms with van der Waals surface area (Å²) in [5, 5.41) is 8.81. The van der Waals surface area contributed by atoms with Crippen LogP contribution in [0.1, 0.15) is 20.8 Å². The van der Waals surface area contributed by atoms with Crippen molar-refractivity contribution < 1.29 is 4.79 Å². The number of aromatic nitrogens is 2. The summed E-state index contributed by atoms with van der Waals surface area (Å²) >= 11 is 1.13. The zero-order valence-electron chi connectivity index (χ0n) is 10.1. The van der Waals surface area contributed by atoms with Gasteiger partial charge in [0.2, 0.25) is 5.78 Å². The van der Waals surface area contributed by atoms with E-state index in [9.17, 15) is 9.59 Å². The van der Waals surface area contributed by atoms with Gasteiger partial charge in [0.15, 0.2) is 4.96 Å². The molecule has 0 spiro atoms. The Morgan fingerprint density at radius 2 is 2.05 bits per heavy atom. The molecule has 2 heterocycles. The second-order valence-corrected chi connectivity index (χ2v) is 5.04. The fraction of sp³-hybridized carbons (Fsp3) is 0. The van der Waals surface area contributed by atoms with Crippen LogP contribution in [0.2, 0.25) is 0 Å². The van der Waals surface area contributed by atoms with Crippen molar-refractivity contribution in [2.24, 2.45) is 0 Å². The number of ketones is 1. The Morgan fingerprint density at radius 3 is 2.75 bits per heavy atom. The maximum Gasteiger partial charge on any atom is 0.276 e. The number of nitrogens with zero attached hydrogens (tertiary/aromatic N) is 3. The molecule has 20 heavy (non-hydrogen) atoms. The molecule has 0 radical (unpaired) electrons. The molecule has 0 N–H and O–H groups in total. The van der Waals surface area contributed by atoms with Crippen LogP contribution in [0.3, 0.4) is 0 Å². The molecule has 0 fully saturated rings. The van der Waals surface area contributed by atoms with Gasteiger partial charge in [-0.25, -0.2) is 4.98 Å². The number of carbonyl (C=O) groups is 1. The fourth-order valence-corrected chi connectivity index (χ4v) is 2.70. The maximum absolute atomic E-state index is 12.3. The van der Waals surface area contributed by atoms with E-state index >= 15 is 0 Å². The molecular weight excluding hydrogens is 274 g/mol. The third-order valence-corrected chi connectivity index (χ3v) is 3.78. The molecule has 2 aromatic heterocycles. The molecule has 3 rings (SSSR count). The van der Waals surface area contributed by atoms with Crippen LogP contribution in [0, 0.1) is 11.3 Å². The lowest BCUT2D eigenvalue weighted by atomic mass is 10.1. The Bertz CT molecular complexity index is 904. The SMILES string of the molecule is N#Cc1cnc2sc(C(=O)c3ccccc3)cn2c1=O. The summed E-state index contributed by atoms with van der Waals surface area (Å²) < 4.78 is 1.24. The van der Waals surface area contributed by atoms with Crippen LogP contribution in [-0.4, -0.2) is 15.2 Å². The lowest BCUT2D eigenvalue weighted by molar-refractivity contribution is 0.104. The first-order chi connectivity index (χ1) is 9.70. The van der Waals surface area contributed by atoms with Crippen LogP contribution >= 0.6 is 11.3 Å². The van der Waals surface area contributed by atoms with E-state index in [2.05, 4.69) is 4.98 Å². The van der Waals surface area contributed by atoms with Gasteiger partial charge >= 0.3 is 0 Å². The highest BCUT2D eigenvalue weighted by atomic mass is 32.1. The molecule has 0 aliphatic heterocycles. The average Bonchev–Trinajstić information content (AvgIpc) is 2.93. The molecule has 0 aliphatic rings. The summed E-state index contributed by atoms with van der Waals surface area (Å²) in [4.78, 5) is 29.0. The first-order valence-electron chi connectivity index (χ1n) is 5.72. The molecule has 3 aromatic rings. The molecule has 0 bridgehead atoms. The van der Waals surface area contributed by atoms with Gasteiger partial charge in [0.05, 0.1) is 11.1 Å². The van der Waals surface area contributed by atoms with E-state index in [0.717, 1.165) is 11.3 Å². The van der Waals surface area contributed by atoms with Crippen molar-refractivity contribution in [3.63, 3.8) is 0 Å². The number of hydrogen-bond donors (Lipinski definition) is 0. The van der Waals surface area contributed by atoms with Gasteiger partial charge in [-0.2, -0.15) is 5.26 Å². The molecule has 5 nitrogen and oxygen atoms in total. The van der Waals surface area contributed by atoms with Crippen molar-refractivity contribution in [2.75, 3.05) is 0 Å². The Labute approximate surface area is 117 Å². The van der Waals surface area contributed by atoms with Crippen molar-refractivity contribution in [3.05, 3.63) is 69.1 Å². The molecular formula is C14H7N3O2S. The molecule has 0 saturated carbocycles. The summed E-state index contributed by atoms with van der Waals surface area (Å²) in [5.41, 5.74) is 0.0486. The summed E-state index contributed by atoms with van der Waals surface area (Å²) in [6.07, 6.45) is 2.66. The van der Waals surface area contributed by atoms with Gasteiger partial charge in [0.1, 0.15) is 11.6 Å². The minimum Gasteiger partial charge on any atom is -0.288 e. The maximum atomic E-state index is 12.3. The van der Waals surface area contributed by atoms with E-state index in [1.807, 2.05) is 6.07 Å². The van der Waals surface area contributed by atoms with Crippen LogP contribution < -0.4 is 5.56 Å². The predicted octanol–water partition coefficient (Wildman–Crippen LogP) is 1.86. The smallest absolute Gasteiger partial charge is 0.276 e. The summed E-state index contributed by atoms with van der Waals surface area (Å²) in [6, 6.07) is 10.6. The zero-order valence-corrected chi connectivity index (χ0v) is 10.9. The highest BCUT2D eigenvalue weighted by Gasteiger charge is 2.15. The first kappa shape index (κ1) is 12.3. The normalized spacial score (nSPS) is 10.3. The Hall–Kier alpha value is -2.78. The van der Waals surface area contributed by atoms with E-state index in [-0.39, 0.29) is 11.3 Å². The number of benzene rings is 1. The van der Waals surface area contributed by atoms with E-state index < -0.39 is 5.56 Å². The lowest BCUT2D eigenvalue weighted by Gasteiger charge is -1.95. The van der Waals surface area contributed by atoms with Gasteiger partial charge in [-0.3, -0.25) is 14.0 Å². The molecule has 0 aliphatic carbocycles. The van der Waals surface area contributed by atoms with Crippen LogP contribution in [0.15, 0.2) is 47.5 Å². The quantitative estimate of drug-likeness (QED) is 0.672. The second kappa shape index (κ2) is 4.72. The molecule has 6 heteroatoms. The van der Waals surface area contributed by atoms with Crippen molar-refractivity contribution in [2.45, 2.75) is 0 Å². The van der Waals surface area contributed by atoms with Gasteiger partial charge < -0.3 is 0 Å².